The maximum atomic E-state index is 12.4. The molecule has 9 heteroatoms. The summed E-state index contributed by atoms with van der Waals surface area (Å²) >= 11 is 0. The third kappa shape index (κ3) is 42.9. The monoisotopic (exact) mass is 794 g/mol. The van der Waals surface area contributed by atoms with Crippen LogP contribution in [0, 0.1) is 0 Å². The number of esters is 2. The summed E-state index contributed by atoms with van der Waals surface area (Å²) in [4.78, 5) is 42.8. The third-order valence-corrected chi connectivity index (χ3v) is 8.16. The van der Waals surface area contributed by atoms with Crippen LogP contribution in [0.4, 0.5) is 0 Å². The zero-order valence-corrected chi connectivity index (χ0v) is 35.1. The van der Waals surface area contributed by atoms with Gasteiger partial charge in [-0.25, -0.2) is 4.57 Å². The van der Waals surface area contributed by atoms with Gasteiger partial charge in [-0.2, -0.15) is 0 Å². The number of hydrogen-bond acceptors (Lipinski definition) is 6. The van der Waals surface area contributed by atoms with Crippen molar-refractivity contribution in [3.05, 3.63) is 134 Å². The standard InChI is InChI=1S/C47H71O8P/c1-3-5-7-9-11-13-15-17-19-21-23-25-27-29-31-33-35-37-39-41-46(48)53-43-45(44-54-56(50,51)52)55-47(49)42-40-38-36-34-32-30-28-26-24-22-20-18-16-14-12-10-8-6-4-2/h5-8,11-14,17-20,23-26,29-32,35,37,45H,3-4,9-10,15-16,21-22,27-28,33-34,36,38-44H2,1-2H3,(H2,50,51,52)/b7-5-,8-6-,13-11-,14-12-,19-17-,20-18-,25-23-,26-24-,31-29-,32-30-,37-35-/t45-/m1/s1. The van der Waals surface area contributed by atoms with Crippen molar-refractivity contribution in [3.63, 3.8) is 0 Å². The Bertz CT molecular complexity index is 1350. The zero-order chi connectivity index (χ0) is 41.1. The molecule has 0 radical (unpaired) electrons. The number of phosphoric ester groups is 1. The van der Waals surface area contributed by atoms with E-state index >= 15 is 0 Å². The van der Waals surface area contributed by atoms with Crippen LogP contribution in [0.15, 0.2) is 134 Å². The molecular formula is C47H71O8P. The van der Waals surface area contributed by atoms with Crippen LogP contribution >= 0.6 is 7.82 Å². The van der Waals surface area contributed by atoms with Crippen molar-refractivity contribution in [1.82, 2.24) is 0 Å². The quantitative estimate of drug-likeness (QED) is 0.0282. The molecule has 0 aliphatic carbocycles. The third-order valence-electron chi connectivity index (χ3n) is 7.68. The van der Waals surface area contributed by atoms with E-state index in [0.29, 0.717) is 12.8 Å². The highest BCUT2D eigenvalue weighted by Crippen LogP contribution is 2.35. The van der Waals surface area contributed by atoms with Gasteiger partial charge in [0.15, 0.2) is 6.10 Å². The Balaban J connectivity index is 4.17. The SMILES string of the molecule is CC/C=C\C/C=C\C/C=C\C/C=C\C/C=C\C/C=C\CCC(=O)OC[C@H](COP(=O)(O)O)OC(=O)CCCCC/C=C\C/C=C\C/C=C\C/C=C\C/C=C\CC. The predicted octanol–water partition coefficient (Wildman–Crippen LogP) is 12.7. The summed E-state index contributed by atoms with van der Waals surface area (Å²) < 4.78 is 26.3. The topological polar surface area (TPSA) is 119 Å². The van der Waals surface area contributed by atoms with Crippen LogP contribution in [0.25, 0.3) is 0 Å². The summed E-state index contributed by atoms with van der Waals surface area (Å²) in [6, 6.07) is 0. The van der Waals surface area contributed by atoms with Gasteiger partial charge < -0.3 is 19.3 Å². The van der Waals surface area contributed by atoms with Crippen LogP contribution in [0.2, 0.25) is 0 Å². The van der Waals surface area contributed by atoms with Crippen molar-refractivity contribution in [3.8, 4) is 0 Å². The van der Waals surface area contributed by atoms with Crippen molar-refractivity contribution >= 4 is 19.8 Å². The fraction of sp³-hybridized carbons (Fsp3) is 0.489. The Labute approximate surface area is 339 Å². The first-order chi connectivity index (χ1) is 27.3. The molecule has 0 aliphatic rings. The molecule has 0 amide bonds. The van der Waals surface area contributed by atoms with Crippen LogP contribution in [-0.4, -0.2) is 41.0 Å². The van der Waals surface area contributed by atoms with E-state index in [9.17, 15) is 14.2 Å². The fourth-order valence-corrected chi connectivity index (χ4v) is 5.08. The van der Waals surface area contributed by atoms with Gasteiger partial charge in [-0.05, 0) is 96.3 Å². The highest BCUT2D eigenvalue weighted by atomic mass is 31.2. The molecule has 1 atom stereocenters. The first-order valence-electron chi connectivity index (χ1n) is 20.5. The second-order valence-electron chi connectivity index (χ2n) is 12.8. The van der Waals surface area contributed by atoms with Crippen LogP contribution in [0.1, 0.15) is 129 Å². The molecular weight excluding hydrogens is 723 g/mol. The van der Waals surface area contributed by atoms with Crippen LogP contribution in [0.5, 0.6) is 0 Å². The lowest BCUT2D eigenvalue weighted by atomic mass is 10.1. The van der Waals surface area contributed by atoms with Crippen molar-refractivity contribution in [1.29, 1.82) is 0 Å². The first-order valence-corrected chi connectivity index (χ1v) is 22.0. The van der Waals surface area contributed by atoms with Gasteiger partial charge in [-0.1, -0.05) is 154 Å². The number of allylic oxidation sites excluding steroid dienone is 22. The molecule has 312 valence electrons. The summed E-state index contributed by atoms with van der Waals surface area (Å²) in [6.45, 7) is 3.34. The Kier molecular flexibility index (Phi) is 38.1. The van der Waals surface area contributed by atoms with E-state index in [0.717, 1.165) is 89.9 Å². The Morgan fingerprint density at radius 3 is 1.23 bits per heavy atom. The average Bonchev–Trinajstić information content (AvgIpc) is 3.17. The number of hydrogen-bond donors (Lipinski definition) is 2. The lowest BCUT2D eigenvalue weighted by molar-refractivity contribution is -0.161. The van der Waals surface area contributed by atoms with E-state index < -0.39 is 32.5 Å². The molecule has 0 bridgehead atoms. The normalized spacial score (nSPS) is 13.9. The van der Waals surface area contributed by atoms with E-state index in [1.165, 1.54) is 0 Å². The second kappa shape index (κ2) is 40.8. The Morgan fingerprint density at radius 1 is 0.464 bits per heavy atom. The first kappa shape index (κ1) is 52.2. The largest absolute Gasteiger partial charge is 0.469 e. The van der Waals surface area contributed by atoms with E-state index in [1.807, 2.05) is 12.2 Å². The van der Waals surface area contributed by atoms with Gasteiger partial charge in [0.2, 0.25) is 0 Å². The molecule has 0 rings (SSSR count). The molecule has 0 spiro atoms. The van der Waals surface area contributed by atoms with E-state index in [-0.39, 0.29) is 19.4 Å². The number of phosphoric acid groups is 1. The highest BCUT2D eigenvalue weighted by molar-refractivity contribution is 7.46. The van der Waals surface area contributed by atoms with Gasteiger partial charge in [-0.15, -0.1) is 0 Å². The second-order valence-corrected chi connectivity index (χ2v) is 14.1. The molecule has 8 nitrogen and oxygen atoms in total. The minimum absolute atomic E-state index is 0.125. The lowest BCUT2D eigenvalue weighted by Crippen LogP contribution is -2.29. The fourth-order valence-electron chi connectivity index (χ4n) is 4.72. The van der Waals surface area contributed by atoms with E-state index in [1.54, 1.807) is 0 Å². The minimum atomic E-state index is -4.79. The molecule has 0 aromatic rings. The number of carbonyl (C=O) groups excluding carboxylic acids is 2. The summed E-state index contributed by atoms with van der Waals surface area (Å²) in [5.74, 6) is -1.04. The van der Waals surface area contributed by atoms with Gasteiger partial charge >= 0.3 is 19.8 Å². The number of carbonyl (C=O) groups is 2. The summed E-state index contributed by atoms with van der Waals surface area (Å²) in [7, 11) is -4.79. The molecule has 0 saturated heterocycles. The van der Waals surface area contributed by atoms with Crippen molar-refractivity contribution in [2.75, 3.05) is 13.2 Å². The smallest absolute Gasteiger partial charge is 0.462 e. The summed E-state index contributed by atoms with van der Waals surface area (Å²) in [6.07, 6.45) is 60.4. The molecule has 0 aromatic carbocycles. The van der Waals surface area contributed by atoms with Gasteiger partial charge in [0.25, 0.3) is 0 Å². The minimum Gasteiger partial charge on any atom is -0.462 e. The molecule has 56 heavy (non-hydrogen) atoms. The molecule has 0 unspecified atom stereocenters. The van der Waals surface area contributed by atoms with Crippen molar-refractivity contribution in [2.24, 2.45) is 0 Å². The van der Waals surface area contributed by atoms with Gasteiger partial charge in [0.1, 0.15) is 6.61 Å². The molecule has 0 aliphatic heterocycles. The molecule has 0 fully saturated rings. The molecule has 0 heterocycles. The Morgan fingerprint density at radius 2 is 0.839 bits per heavy atom. The van der Waals surface area contributed by atoms with Crippen LogP contribution < -0.4 is 0 Å². The summed E-state index contributed by atoms with van der Waals surface area (Å²) in [5, 5.41) is 0. The lowest BCUT2D eigenvalue weighted by Gasteiger charge is -2.18. The van der Waals surface area contributed by atoms with Gasteiger partial charge in [0, 0.05) is 12.8 Å². The zero-order valence-electron chi connectivity index (χ0n) is 34.2. The van der Waals surface area contributed by atoms with Gasteiger partial charge in [0.05, 0.1) is 6.61 Å². The predicted molar refractivity (Wildman–Crippen MR) is 234 cm³/mol. The number of ether oxygens (including phenoxy) is 2. The van der Waals surface area contributed by atoms with Gasteiger partial charge in [-0.3, -0.25) is 14.1 Å². The van der Waals surface area contributed by atoms with Crippen molar-refractivity contribution in [2.45, 2.75) is 136 Å². The van der Waals surface area contributed by atoms with Crippen molar-refractivity contribution < 1.29 is 37.9 Å². The maximum absolute atomic E-state index is 12.4. The maximum Gasteiger partial charge on any atom is 0.469 e. The molecule has 0 saturated carbocycles. The number of unbranched alkanes of at least 4 members (excludes halogenated alkanes) is 3. The van der Waals surface area contributed by atoms with E-state index in [2.05, 4.69) is 140 Å². The number of rotatable bonds is 35. The molecule has 0 aromatic heterocycles. The summed E-state index contributed by atoms with van der Waals surface area (Å²) in [5.41, 5.74) is 0. The Hall–Kier alpha value is -3.81. The van der Waals surface area contributed by atoms with Crippen LogP contribution in [-0.2, 0) is 28.2 Å². The highest BCUT2D eigenvalue weighted by Gasteiger charge is 2.22. The molecule has 2 N–H and O–H groups in total. The van der Waals surface area contributed by atoms with Crippen LogP contribution in [0.3, 0.4) is 0 Å². The average molecular weight is 795 g/mol. The van der Waals surface area contributed by atoms with E-state index in [4.69, 9.17) is 19.3 Å².